The topological polar surface area (TPSA) is 102 Å². The van der Waals surface area contributed by atoms with E-state index in [1.165, 1.54) is 44.9 Å². The highest BCUT2D eigenvalue weighted by atomic mass is 31.2. The van der Waals surface area contributed by atoms with Crippen LogP contribution in [0.1, 0.15) is 118 Å². The first-order valence-electron chi connectivity index (χ1n) is 17.3. The lowest BCUT2D eigenvalue weighted by Gasteiger charge is -2.45. The monoisotopic (exact) mass is 674 g/mol. The first-order valence-corrected chi connectivity index (χ1v) is 20.7. The van der Waals surface area contributed by atoms with Crippen LogP contribution < -0.4 is 10.4 Å². The summed E-state index contributed by atoms with van der Waals surface area (Å²) in [5.74, 6) is -0.343. The van der Waals surface area contributed by atoms with E-state index in [9.17, 15) is 19.1 Å². The summed E-state index contributed by atoms with van der Waals surface area (Å²) >= 11 is 0. The Kier molecular flexibility index (Phi) is 19.0. The van der Waals surface area contributed by atoms with Crippen molar-refractivity contribution >= 4 is 32.5 Å². The van der Waals surface area contributed by atoms with Crippen LogP contribution in [0.15, 0.2) is 72.8 Å². The van der Waals surface area contributed by atoms with Crippen LogP contribution in [0.3, 0.4) is 0 Å². The van der Waals surface area contributed by atoms with E-state index in [4.69, 9.17) is 13.7 Å². The molecule has 0 aliphatic rings. The van der Waals surface area contributed by atoms with Crippen LogP contribution >= 0.6 is 7.82 Å². The minimum absolute atomic E-state index is 0.158. The number of allylic oxidation sites excluding steroid dienone is 2. The van der Waals surface area contributed by atoms with Gasteiger partial charge >= 0.3 is 13.8 Å². The van der Waals surface area contributed by atoms with E-state index in [-0.39, 0.29) is 17.6 Å². The summed E-state index contributed by atoms with van der Waals surface area (Å²) in [7, 11) is -7.85. The predicted octanol–water partition coefficient (Wildman–Crippen LogP) is 8.62. The van der Waals surface area contributed by atoms with Crippen LogP contribution in [0.5, 0.6) is 0 Å². The second kappa shape index (κ2) is 21.7. The molecule has 0 amide bonds. The van der Waals surface area contributed by atoms with Crippen molar-refractivity contribution in [2.75, 3.05) is 13.2 Å². The van der Waals surface area contributed by atoms with Crippen molar-refractivity contribution in [1.82, 2.24) is 0 Å². The fourth-order valence-corrected chi connectivity index (χ4v) is 10.8. The highest BCUT2D eigenvalue weighted by Gasteiger charge is 2.51. The van der Waals surface area contributed by atoms with Gasteiger partial charge in [0.1, 0.15) is 12.7 Å². The van der Waals surface area contributed by atoms with E-state index in [2.05, 4.69) is 39.8 Å². The summed E-state index contributed by atoms with van der Waals surface area (Å²) in [5, 5.41) is 1.65. The van der Waals surface area contributed by atoms with E-state index in [1.54, 1.807) is 0 Å². The van der Waals surface area contributed by atoms with E-state index < -0.39 is 28.9 Å². The zero-order valence-electron chi connectivity index (χ0n) is 28.7. The fraction of sp³-hybridized carbons (Fsp3) is 0.595. The van der Waals surface area contributed by atoms with Gasteiger partial charge in [0.2, 0.25) is 0 Å². The number of carbonyl (C=O) groups excluding carboxylic acids is 1. The van der Waals surface area contributed by atoms with Crippen molar-refractivity contribution in [3.05, 3.63) is 72.8 Å². The molecule has 1 atom stereocenters. The van der Waals surface area contributed by atoms with Crippen molar-refractivity contribution in [3.63, 3.8) is 0 Å². The maximum absolute atomic E-state index is 12.7. The molecule has 2 aromatic carbocycles. The normalized spacial score (nSPS) is 13.3. The quantitative estimate of drug-likeness (QED) is 0.0378. The van der Waals surface area contributed by atoms with Crippen molar-refractivity contribution in [3.8, 4) is 0 Å². The highest BCUT2D eigenvalue weighted by Crippen LogP contribution is 2.39. The first kappa shape index (κ1) is 40.1. The zero-order valence-corrected chi connectivity index (χ0v) is 30.6. The molecule has 0 aliphatic heterocycles. The minimum atomic E-state index is -4.77. The standard InChI is InChI=1S/C37H59O7PSi/c1-5-6-7-8-9-10-11-12-13-14-15-16-17-18-25-30-36(38)42-31-33(32-43-45(39,40)41)44-46(37(2,3)4,34-26-21-19-22-27-34)35-28-23-20-24-29-35/h12-13,19-24,26-29,33H,5-11,14-18,25,30-32H2,1-4H3,(H2,39,40,41)/t33-/m0/s1. The molecule has 9 heteroatoms. The lowest BCUT2D eigenvalue weighted by atomic mass is 10.1. The van der Waals surface area contributed by atoms with Gasteiger partial charge in [0.05, 0.1) is 6.61 Å². The molecule has 2 aromatic rings. The lowest BCUT2D eigenvalue weighted by Crippen LogP contribution is -2.68. The van der Waals surface area contributed by atoms with Gasteiger partial charge in [-0.15, -0.1) is 0 Å². The molecule has 7 nitrogen and oxygen atoms in total. The number of benzene rings is 2. The molecule has 0 aliphatic carbocycles. The summed E-state index contributed by atoms with van der Waals surface area (Å²) in [6.07, 6.45) is 19.4. The van der Waals surface area contributed by atoms with Crippen molar-refractivity contribution in [1.29, 1.82) is 0 Å². The average Bonchev–Trinajstić information content (AvgIpc) is 3.02. The third kappa shape index (κ3) is 15.2. The number of hydrogen-bond donors (Lipinski definition) is 2. The van der Waals surface area contributed by atoms with E-state index >= 15 is 0 Å². The van der Waals surface area contributed by atoms with Gasteiger partial charge in [0.25, 0.3) is 8.32 Å². The average molecular weight is 675 g/mol. The predicted molar refractivity (Wildman–Crippen MR) is 191 cm³/mol. The van der Waals surface area contributed by atoms with Gasteiger partial charge in [-0.2, -0.15) is 0 Å². The molecule has 0 heterocycles. The maximum atomic E-state index is 12.7. The number of rotatable bonds is 24. The van der Waals surface area contributed by atoms with Gasteiger partial charge < -0.3 is 18.9 Å². The smallest absolute Gasteiger partial charge is 0.463 e. The second-order valence-electron chi connectivity index (χ2n) is 13.2. The number of unbranched alkanes of at least 4 members (excludes halogenated alkanes) is 11. The molecular weight excluding hydrogens is 615 g/mol. The van der Waals surface area contributed by atoms with Crippen LogP contribution in [0, 0.1) is 0 Å². The Hall–Kier alpha value is -2.06. The second-order valence-corrected chi connectivity index (χ2v) is 18.7. The Morgan fingerprint density at radius 1 is 0.761 bits per heavy atom. The van der Waals surface area contributed by atoms with E-state index in [0.717, 1.165) is 48.9 Å². The number of hydrogen-bond acceptors (Lipinski definition) is 5. The van der Waals surface area contributed by atoms with Gasteiger partial charge in [-0.1, -0.05) is 152 Å². The Bertz CT molecular complexity index is 1120. The molecule has 0 radical (unpaired) electrons. The molecule has 0 spiro atoms. The van der Waals surface area contributed by atoms with Crippen LogP contribution in [0.25, 0.3) is 0 Å². The SMILES string of the molecule is CCCCCCCCC=CCCCCCCCC(=O)OC[C@@H](COP(=O)(O)O)O[Si](c1ccccc1)(c1ccccc1)C(C)(C)C. The van der Waals surface area contributed by atoms with Gasteiger partial charge in [-0.3, -0.25) is 9.32 Å². The van der Waals surface area contributed by atoms with E-state index in [1.807, 2.05) is 60.7 Å². The summed E-state index contributed by atoms with van der Waals surface area (Å²) in [6, 6.07) is 19.9. The summed E-state index contributed by atoms with van der Waals surface area (Å²) in [4.78, 5) is 31.7. The van der Waals surface area contributed by atoms with Crippen molar-refractivity contribution in [2.45, 2.75) is 129 Å². The first-order chi connectivity index (χ1) is 22.0. The van der Waals surface area contributed by atoms with Gasteiger partial charge in [-0.25, -0.2) is 4.57 Å². The van der Waals surface area contributed by atoms with E-state index in [0.29, 0.717) is 6.42 Å². The summed E-state index contributed by atoms with van der Waals surface area (Å²) < 4.78 is 29.1. The third-order valence-corrected chi connectivity index (χ3v) is 13.8. The third-order valence-electron chi connectivity index (χ3n) is 8.26. The molecule has 0 unspecified atom stereocenters. The Morgan fingerprint density at radius 2 is 1.24 bits per heavy atom. The van der Waals surface area contributed by atoms with Gasteiger partial charge in [0, 0.05) is 6.42 Å². The minimum Gasteiger partial charge on any atom is -0.463 e. The molecular formula is C37H59O7PSi. The molecule has 2 N–H and O–H groups in total. The zero-order chi connectivity index (χ0) is 33.7. The van der Waals surface area contributed by atoms with Gasteiger partial charge in [-0.05, 0) is 47.5 Å². The molecule has 0 saturated heterocycles. The number of carbonyl (C=O) groups is 1. The molecule has 2 rings (SSSR count). The van der Waals surface area contributed by atoms with Crippen molar-refractivity contribution < 1.29 is 32.8 Å². The van der Waals surface area contributed by atoms with Gasteiger partial charge in [0.15, 0.2) is 0 Å². The Morgan fingerprint density at radius 3 is 1.72 bits per heavy atom. The number of phosphoric ester groups is 1. The van der Waals surface area contributed by atoms with Crippen LogP contribution in [0.2, 0.25) is 5.04 Å². The maximum Gasteiger partial charge on any atom is 0.469 e. The summed E-state index contributed by atoms with van der Waals surface area (Å²) in [6.45, 7) is 8.01. The fourth-order valence-electron chi connectivity index (χ4n) is 5.84. The number of ether oxygens (including phenoxy) is 1. The Labute approximate surface area is 279 Å². The molecule has 258 valence electrons. The van der Waals surface area contributed by atoms with Crippen LogP contribution in [-0.2, 0) is 23.0 Å². The van der Waals surface area contributed by atoms with Crippen molar-refractivity contribution in [2.24, 2.45) is 0 Å². The van der Waals surface area contributed by atoms with Crippen LogP contribution in [-0.4, -0.2) is 43.4 Å². The lowest BCUT2D eigenvalue weighted by molar-refractivity contribution is -0.146. The number of esters is 1. The van der Waals surface area contributed by atoms with Crippen LogP contribution in [0.4, 0.5) is 0 Å². The molecule has 0 fully saturated rings. The summed E-state index contributed by atoms with van der Waals surface area (Å²) in [5.41, 5.74) is 0. The molecule has 0 aromatic heterocycles. The molecule has 46 heavy (non-hydrogen) atoms. The largest absolute Gasteiger partial charge is 0.469 e. The molecule has 0 saturated carbocycles. The Balaban J connectivity index is 1.89. The number of phosphoric acid groups is 1. The highest BCUT2D eigenvalue weighted by molar-refractivity contribution is 7.46. The molecule has 0 bridgehead atoms.